The molecule has 0 saturated carbocycles. The summed E-state index contributed by atoms with van der Waals surface area (Å²) in [6, 6.07) is 15.2. The summed E-state index contributed by atoms with van der Waals surface area (Å²) in [5.74, 6) is 0.960. The van der Waals surface area contributed by atoms with Crippen molar-refractivity contribution in [1.82, 2.24) is 5.32 Å². The van der Waals surface area contributed by atoms with E-state index in [2.05, 4.69) is 5.32 Å². The Kier molecular flexibility index (Phi) is 5.24. The summed E-state index contributed by atoms with van der Waals surface area (Å²) in [6.07, 6.45) is -0.545. The molecule has 2 N–H and O–H groups in total. The normalized spacial score (nSPS) is 18.3. The Hall–Kier alpha value is -2.53. The van der Waals surface area contributed by atoms with Gasteiger partial charge in [-0.25, -0.2) is 0 Å². The summed E-state index contributed by atoms with van der Waals surface area (Å²) >= 11 is 0. The van der Waals surface area contributed by atoms with E-state index in [0.717, 1.165) is 11.1 Å². The topological polar surface area (TPSA) is 67.8 Å². The van der Waals surface area contributed by atoms with Crippen molar-refractivity contribution in [3.63, 3.8) is 0 Å². The zero-order chi connectivity index (χ0) is 17.8. The molecule has 0 aromatic heterocycles. The first-order chi connectivity index (χ1) is 12.0. The van der Waals surface area contributed by atoms with Crippen LogP contribution in [0.25, 0.3) is 0 Å². The first-order valence-electron chi connectivity index (χ1n) is 8.48. The summed E-state index contributed by atoms with van der Waals surface area (Å²) in [4.78, 5) is 12.5. The number of carbonyl (C=O) groups excluding carboxylic acids is 1. The lowest BCUT2D eigenvalue weighted by atomic mass is 10.1. The number of nitrogens with one attached hydrogen (secondary N) is 1. The van der Waals surface area contributed by atoms with Gasteiger partial charge in [0.25, 0.3) is 5.91 Å². The number of hydrogen-bond acceptors (Lipinski definition) is 4. The minimum Gasteiger partial charge on any atom is -0.485 e. The molecule has 132 valence electrons. The first-order valence-corrected chi connectivity index (χ1v) is 8.48. The maximum Gasteiger partial charge on any atom is 0.265 e. The molecule has 0 fully saturated rings. The monoisotopic (exact) mass is 341 g/mol. The molecule has 2 aromatic carbocycles. The van der Waals surface area contributed by atoms with Gasteiger partial charge in [0.15, 0.2) is 11.5 Å². The zero-order valence-corrected chi connectivity index (χ0v) is 14.4. The molecule has 0 saturated heterocycles. The predicted molar refractivity (Wildman–Crippen MR) is 94.7 cm³/mol. The Bertz CT molecular complexity index is 730. The number of aliphatic hydroxyl groups excluding tert-OH is 1. The van der Waals surface area contributed by atoms with Crippen LogP contribution in [0.5, 0.6) is 11.5 Å². The first kappa shape index (κ1) is 17.3. The van der Waals surface area contributed by atoms with Crippen molar-refractivity contribution in [1.29, 1.82) is 0 Å². The fourth-order valence-electron chi connectivity index (χ4n) is 2.84. The van der Waals surface area contributed by atoms with Crippen molar-refractivity contribution in [2.75, 3.05) is 6.61 Å². The Morgan fingerprint density at radius 2 is 1.96 bits per heavy atom. The Labute approximate surface area is 147 Å². The van der Waals surface area contributed by atoms with Gasteiger partial charge in [-0.15, -0.1) is 0 Å². The van der Waals surface area contributed by atoms with Crippen molar-refractivity contribution < 1.29 is 19.4 Å². The molecule has 0 bridgehead atoms. The van der Waals surface area contributed by atoms with E-state index >= 15 is 0 Å². The van der Waals surface area contributed by atoms with Crippen LogP contribution in [0.15, 0.2) is 48.5 Å². The fourth-order valence-corrected chi connectivity index (χ4v) is 2.84. The van der Waals surface area contributed by atoms with Crippen molar-refractivity contribution >= 4 is 5.91 Å². The predicted octanol–water partition coefficient (Wildman–Crippen LogP) is 2.63. The second kappa shape index (κ2) is 7.57. The van der Waals surface area contributed by atoms with Crippen LogP contribution in [0.2, 0.25) is 0 Å². The lowest BCUT2D eigenvalue weighted by Crippen LogP contribution is -2.44. The summed E-state index contributed by atoms with van der Waals surface area (Å²) < 4.78 is 11.5. The minimum absolute atomic E-state index is 0.105. The third-order valence-corrected chi connectivity index (χ3v) is 4.15. The molecule has 2 aromatic rings. The largest absolute Gasteiger partial charge is 0.485 e. The zero-order valence-electron chi connectivity index (χ0n) is 14.4. The molecule has 0 spiro atoms. The lowest BCUT2D eigenvalue weighted by molar-refractivity contribution is -0.131. The van der Waals surface area contributed by atoms with Crippen molar-refractivity contribution in [3.05, 3.63) is 59.7 Å². The highest BCUT2D eigenvalue weighted by Gasteiger charge is 2.28. The average molecular weight is 341 g/mol. The maximum atomic E-state index is 12.5. The standard InChI is InChI=1S/C20H23NO4/c1-13(22)10-15-8-9-17-18(11-15)24-12-19(25-17)20(23)21-14(2)16-6-4-3-5-7-16/h3-9,11,13-14,19,22H,10,12H2,1-2H3,(H,21,23)/t13-,14+,19+/m1/s1. The summed E-state index contributed by atoms with van der Waals surface area (Å²) in [7, 11) is 0. The molecular formula is C20H23NO4. The number of rotatable bonds is 5. The van der Waals surface area contributed by atoms with Crippen LogP contribution in [0.1, 0.15) is 31.0 Å². The van der Waals surface area contributed by atoms with Crippen LogP contribution < -0.4 is 14.8 Å². The van der Waals surface area contributed by atoms with Crippen LogP contribution in [0.4, 0.5) is 0 Å². The molecule has 1 amide bonds. The average Bonchev–Trinajstić information content (AvgIpc) is 2.61. The van der Waals surface area contributed by atoms with Gasteiger partial charge in [-0.3, -0.25) is 4.79 Å². The number of fused-ring (bicyclic) bond motifs is 1. The van der Waals surface area contributed by atoms with E-state index in [1.54, 1.807) is 13.0 Å². The Morgan fingerprint density at radius 1 is 1.20 bits per heavy atom. The second-order valence-corrected chi connectivity index (χ2v) is 6.39. The highest BCUT2D eigenvalue weighted by molar-refractivity contribution is 5.82. The van der Waals surface area contributed by atoms with Gasteiger partial charge in [0.05, 0.1) is 12.1 Å². The highest BCUT2D eigenvalue weighted by Crippen LogP contribution is 2.33. The Morgan fingerprint density at radius 3 is 2.68 bits per heavy atom. The molecule has 25 heavy (non-hydrogen) atoms. The molecule has 3 atom stereocenters. The van der Waals surface area contributed by atoms with E-state index in [-0.39, 0.29) is 18.6 Å². The molecule has 5 nitrogen and oxygen atoms in total. The molecule has 5 heteroatoms. The summed E-state index contributed by atoms with van der Waals surface area (Å²) in [5.41, 5.74) is 2.01. The molecule has 3 rings (SSSR count). The molecule has 0 aliphatic carbocycles. The molecule has 1 heterocycles. The third kappa shape index (κ3) is 4.31. The van der Waals surface area contributed by atoms with Gasteiger partial charge >= 0.3 is 0 Å². The van der Waals surface area contributed by atoms with E-state index in [1.807, 2.05) is 49.4 Å². The molecule has 1 aliphatic rings. The van der Waals surface area contributed by atoms with Crippen molar-refractivity contribution in [2.24, 2.45) is 0 Å². The van der Waals surface area contributed by atoms with Crippen LogP contribution in [-0.4, -0.2) is 29.8 Å². The van der Waals surface area contributed by atoms with Gasteiger partial charge in [0.2, 0.25) is 6.10 Å². The van der Waals surface area contributed by atoms with Gasteiger partial charge in [0.1, 0.15) is 6.61 Å². The number of ether oxygens (including phenoxy) is 2. The van der Waals surface area contributed by atoms with Gasteiger partial charge in [-0.2, -0.15) is 0 Å². The Balaban J connectivity index is 1.63. The van der Waals surface area contributed by atoms with Gasteiger partial charge < -0.3 is 19.9 Å². The van der Waals surface area contributed by atoms with Crippen LogP contribution in [-0.2, 0) is 11.2 Å². The lowest BCUT2D eigenvalue weighted by Gasteiger charge is -2.27. The van der Waals surface area contributed by atoms with E-state index in [4.69, 9.17) is 9.47 Å². The maximum absolute atomic E-state index is 12.5. The minimum atomic E-state index is -0.679. The molecule has 1 aliphatic heterocycles. The smallest absolute Gasteiger partial charge is 0.265 e. The fraction of sp³-hybridized carbons (Fsp3) is 0.350. The van der Waals surface area contributed by atoms with E-state index in [9.17, 15) is 9.90 Å². The third-order valence-electron chi connectivity index (χ3n) is 4.15. The van der Waals surface area contributed by atoms with Crippen LogP contribution in [0.3, 0.4) is 0 Å². The van der Waals surface area contributed by atoms with E-state index in [0.29, 0.717) is 17.9 Å². The number of amides is 1. The number of carbonyl (C=O) groups is 1. The number of benzene rings is 2. The van der Waals surface area contributed by atoms with Crippen LogP contribution in [0, 0.1) is 0 Å². The van der Waals surface area contributed by atoms with Crippen LogP contribution >= 0.6 is 0 Å². The van der Waals surface area contributed by atoms with Gasteiger partial charge in [-0.1, -0.05) is 36.4 Å². The summed E-state index contributed by atoms with van der Waals surface area (Å²) in [5, 5.41) is 12.4. The highest BCUT2D eigenvalue weighted by atomic mass is 16.6. The summed E-state index contributed by atoms with van der Waals surface area (Å²) in [6.45, 7) is 3.84. The van der Waals surface area contributed by atoms with Crippen molar-refractivity contribution in [2.45, 2.75) is 38.5 Å². The quantitative estimate of drug-likeness (QED) is 0.877. The SMILES string of the molecule is C[C@H](NC(=O)[C@@H]1COc2cc(C[C@@H](C)O)ccc2O1)c1ccccc1. The number of hydrogen-bond donors (Lipinski definition) is 2. The van der Waals surface area contributed by atoms with E-state index in [1.165, 1.54) is 0 Å². The molecule has 0 radical (unpaired) electrons. The molecular weight excluding hydrogens is 318 g/mol. The number of aliphatic hydroxyl groups is 1. The van der Waals surface area contributed by atoms with Gasteiger partial charge in [0, 0.05) is 0 Å². The van der Waals surface area contributed by atoms with Crippen molar-refractivity contribution in [3.8, 4) is 11.5 Å². The molecule has 0 unspecified atom stereocenters. The second-order valence-electron chi connectivity index (χ2n) is 6.39. The van der Waals surface area contributed by atoms with Gasteiger partial charge in [-0.05, 0) is 43.5 Å². The van der Waals surface area contributed by atoms with E-state index < -0.39 is 12.2 Å².